The second-order valence-corrected chi connectivity index (χ2v) is 6.88. The van der Waals surface area contributed by atoms with Crippen LogP contribution < -0.4 is 9.47 Å². The van der Waals surface area contributed by atoms with Gasteiger partial charge in [-0.3, -0.25) is 0 Å². The molecule has 1 heterocycles. The second kappa shape index (κ2) is 12.9. The summed E-state index contributed by atoms with van der Waals surface area (Å²) in [6, 6.07) is 16.9. The third kappa shape index (κ3) is 7.51. The van der Waals surface area contributed by atoms with Crippen LogP contribution >= 0.6 is 24.8 Å². The summed E-state index contributed by atoms with van der Waals surface area (Å²) in [5.41, 5.74) is 2.76. The summed E-state index contributed by atoms with van der Waals surface area (Å²) < 4.78 is 10.4. The Hall–Kier alpha value is -1.46. The minimum absolute atomic E-state index is 0. The standard InChI is InChI=1S/C22H30N2O2.2ClH/c1-25-21-7-3-19(4-8-21)11-13-23-15-17-24(18-16-23)14-12-20-5-9-22(26-2)10-6-20;;/h3-10H,11-18H2,1-2H3;2*1H. The Balaban J connectivity index is 0.00000196. The van der Waals surface area contributed by atoms with E-state index >= 15 is 0 Å². The highest BCUT2D eigenvalue weighted by molar-refractivity contribution is 5.85. The van der Waals surface area contributed by atoms with Crippen LogP contribution in [0.2, 0.25) is 0 Å². The number of piperazine rings is 1. The van der Waals surface area contributed by atoms with E-state index in [0.717, 1.165) is 37.4 Å². The summed E-state index contributed by atoms with van der Waals surface area (Å²) >= 11 is 0. The average molecular weight is 427 g/mol. The fraction of sp³-hybridized carbons (Fsp3) is 0.455. The van der Waals surface area contributed by atoms with Gasteiger partial charge in [-0.1, -0.05) is 24.3 Å². The van der Waals surface area contributed by atoms with E-state index in [0.29, 0.717) is 0 Å². The lowest BCUT2D eigenvalue weighted by Crippen LogP contribution is -2.47. The molecule has 0 saturated carbocycles. The fourth-order valence-corrected chi connectivity index (χ4v) is 3.40. The molecule has 0 atom stereocenters. The molecule has 156 valence electrons. The minimum atomic E-state index is 0. The fourth-order valence-electron chi connectivity index (χ4n) is 3.40. The minimum Gasteiger partial charge on any atom is -0.497 e. The number of rotatable bonds is 8. The van der Waals surface area contributed by atoms with E-state index in [1.54, 1.807) is 14.2 Å². The van der Waals surface area contributed by atoms with Crippen molar-refractivity contribution >= 4 is 24.8 Å². The molecule has 0 N–H and O–H groups in total. The molecular formula is C22H32Cl2N2O2. The number of hydrogen-bond donors (Lipinski definition) is 0. The van der Waals surface area contributed by atoms with Crippen LogP contribution in [0.5, 0.6) is 11.5 Å². The third-order valence-corrected chi connectivity index (χ3v) is 5.22. The van der Waals surface area contributed by atoms with Crippen molar-refractivity contribution in [3.8, 4) is 11.5 Å². The predicted molar refractivity (Wildman–Crippen MR) is 121 cm³/mol. The quantitative estimate of drug-likeness (QED) is 0.637. The Morgan fingerprint density at radius 1 is 0.607 bits per heavy atom. The summed E-state index contributed by atoms with van der Waals surface area (Å²) in [6.07, 6.45) is 2.21. The number of ether oxygens (including phenoxy) is 2. The molecule has 0 spiro atoms. The second-order valence-electron chi connectivity index (χ2n) is 6.88. The van der Waals surface area contributed by atoms with Crippen LogP contribution in [-0.4, -0.2) is 63.3 Å². The van der Waals surface area contributed by atoms with E-state index in [9.17, 15) is 0 Å². The summed E-state index contributed by atoms with van der Waals surface area (Å²) in [4.78, 5) is 5.15. The van der Waals surface area contributed by atoms with Gasteiger partial charge in [-0.2, -0.15) is 0 Å². The van der Waals surface area contributed by atoms with E-state index < -0.39 is 0 Å². The lowest BCUT2D eigenvalue weighted by Gasteiger charge is -2.34. The molecule has 0 aliphatic carbocycles. The van der Waals surface area contributed by atoms with Crippen molar-refractivity contribution in [3.63, 3.8) is 0 Å². The number of halogens is 2. The number of benzene rings is 2. The molecular weight excluding hydrogens is 395 g/mol. The van der Waals surface area contributed by atoms with E-state index in [4.69, 9.17) is 9.47 Å². The monoisotopic (exact) mass is 426 g/mol. The van der Waals surface area contributed by atoms with Gasteiger partial charge in [0, 0.05) is 39.3 Å². The van der Waals surface area contributed by atoms with E-state index in [2.05, 4.69) is 34.1 Å². The van der Waals surface area contributed by atoms with Gasteiger partial charge in [0.25, 0.3) is 0 Å². The number of methoxy groups -OCH3 is 2. The van der Waals surface area contributed by atoms with Gasteiger partial charge in [-0.25, -0.2) is 0 Å². The van der Waals surface area contributed by atoms with E-state index in [-0.39, 0.29) is 24.8 Å². The van der Waals surface area contributed by atoms with Gasteiger partial charge in [0.05, 0.1) is 14.2 Å². The molecule has 4 nitrogen and oxygen atoms in total. The normalized spacial score (nSPS) is 14.6. The third-order valence-electron chi connectivity index (χ3n) is 5.22. The highest BCUT2D eigenvalue weighted by Gasteiger charge is 2.16. The van der Waals surface area contributed by atoms with Crippen molar-refractivity contribution in [2.24, 2.45) is 0 Å². The van der Waals surface area contributed by atoms with Crippen molar-refractivity contribution in [2.45, 2.75) is 12.8 Å². The average Bonchev–Trinajstić information content (AvgIpc) is 2.72. The van der Waals surface area contributed by atoms with Gasteiger partial charge in [-0.15, -0.1) is 24.8 Å². The van der Waals surface area contributed by atoms with Crippen LogP contribution in [0.25, 0.3) is 0 Å². The van der Waals surface area contributed by atoms with Gasteiger partial charge < -0.3 is 19.3 Å². The zero-order valence-corrected chi connectivity index (χ0v) is 18.4. The van der Waals surface area contributed by atoms with Crippen molar-refractivity contribution in [3.05, 3.63) is 59.7 Å². The first kappa shape index (κ1) is 24.6. The maximum absolute atomic E-state index is 5.22. The number of nitrogens with zero attached hydrogens (tertiary/aromatic N) is 2. The van der Waals surface area contributed by atoms with Gasteiger partial charge in [0.15, 0.2) is 0 Å². The zero-order chi connectivity index (χ0) is 18.2. The Morgan fingerprint density at radius 3 is 1.21 bits per heavy atom. The van der Waals surface area contributed by atoms with Crippen LogP contribution in [-0.2, 0) is 12.8 Å². The van der Waals surface area contributed by atoms with Crippen molar-refractivity contribution in [1.29, 1.82) is 0 Å². The summed E-state index contributed by atoms with van der Waals surface area (Å²) in [5, 5.41) is 0. The SMILES string of the molecule is COc1ccc(CCN2CCN(CCc3ccc(OC)cc3)CC2)cc1.Cl.Cl. The van der Waals surface area contributed by atoms with Gasteiger partial charge in [0.2, 0.25) is 0 Å². The molecule has 28 heavy (non-hydrogen) atoms. The molecule has 1 saturated heterocycles. The molecule has 3 rings (SSSR count). The topological polar surface area (TPSA) is 24.9 Å². The Kier molecular flexibility index (Phi) is 11.3. The predicted octanol–water partition coefficient (Wildman–Crippen LogP) is 3.95. The summed E-state index contributed by atoms with van der Waals surface area (Å²) in [6.45, 7) is 6.94. The Bertz CT molecular complexity index is 598. The van der Waals surface area contributed by atoms with Crippen molar-refractivity contribution in [2.75, 3.05) is 53.5 Å². The molecule has 0 unspecified atom stereocenters. The van der Waals surface area contributed by atoms with Crippen LogP contribution in [0.15, 0.2) is 48.5 Å². The first-order valence-electron chi connectivity index (χ1n) is 9.47. The first-order valence-corrected chi connectivity index (χ1v) is 9.47. The lowest BCUT2D eigenvalue weighted by atomic mass is 10.1. The smallest absolute Gasteiger partial charge is 0.118 e. The van der Waals surface area contributed by atoms with Gasteiger partial charge in [-0.05, 0) is 48.2 Å². The van der Waals surface area contributed by atoms with Crippen LogP contribution in [0.4, 0.5) is 0 Å². The van der Waals surface area contributed by atoms with Crippen LogP contribution in [0.1, 0.15) is 11.1 Å². The Labute approximate surface area is 181 Å². The van der Waals surface area contributed by atoms with E-state index in [1.807, 2.05) is 24.3 Å². The molecule has 0 radical (unpaired) electrons. The molecule has 1 aliphatic heterocycles. The molecule has 1 aliphatic rings. The summed E-state index contributed by atoms with van der Waals surface area (Å²) in [7, 11) is 3.42. The highest BCUT2D eigenvalue weighted by Crippen LogP contribution is 2.14. The van der Waals surface area contributed by atoms with Gasteiger partial charge in [0.1, 0.15) is 11.5 Å². The first-order chi connectivity index (χ1) is 12.8. The van der Waals surface area contributed by atoms with Gasteiger partial charge >= 0.3 is 0 Å². The highest BCUT2D eigenvalue weighted by atomic mass is 35.5. The van der Waals surface area contributed by atoms with Crippen LogP contribution in [0.3, 0.4) is 0 Å². The molecule has 0 aromatic heterocycles. The molecule has 0 bridgehead atoms. The molecule has 0 amide bonds. The Morgan fingerprint density at radius 2 is 0.929 bits per heavy atom. The molecule has 2 aromatic carbocycles. The molecule has 6 heteroatoms. The largest absolute Gasteiger partial charge is 0.497 e. The van der Waals surface area contributed by atoms with E-state index in [1.165, 1.54) is 37.3 Å². The maximum Gasteiger partial charge on any atom is 0.118 e. The van der Waals surface area contributed by atoms with Crippen molar-refractivity contribution in [1.82, 2.24) is 9.80 Å². The summed E-state index contributed by atoms with van der Waals surface area (Å²) in [5.74, 6) is 1.86. The number of hydrogen-bond acceptors (Lipinski definition) is 4. The maximum atomic E-state index is 5.22. The van der Waals surface area contributed by atoms with Crippen molar-refractivity contribution < 1.29 is 9.47 Å². The molecule has 1 fully saturated rings. The zero-order valence-electron chi connectivity index (χ0n) is 16.8. The van der Waals surface area contributed by atoms with Crippen LogP contribution in [0, 0.1) is 0 Å². The molecule has 2 aromatic rings. The lowest BCUT2D eigenvalue weighted by molar-refractivity contribution is 0.134.